The maximum atomic E-state index is 13.7. The van der Waals surface area contributed by atoms with E-state index in [1.165, 1.54) is 12.1 Å². The largest absolute Gasteiger partial charge is 0.329 e. The zero-order chi connectivity index (χ0) is 21.5. The Labute approximate surface area is 183 Å². The number of carbonyl (C=O) groups is 1. The van der Waals surface area contributed by atoms with Crippen molar-refractivity contribution in [2.24, 2.45) is 0 Å². The number of allylic oxidation sites excluding steroid dienone is 1. The minimum absolute atomic E-state index is 0.296. The first-order chi connectivity index (χ1) is 15.0. The van der Waals surface area contributed by atoms with Gasteiger partial charge >= 0.3 is 0 Å². The summed E-state index contributed by atoms with van der Waals surface area (Å²) in [6.45, 7) is 1.83. The first-order valence-electron chi connectivity index (χ1n) is 9.79. The Morgan fingerprint density at radius 3 is 2.55 bits per heavy atom. The average molecular weight is 433 g/mol. The summed E-state index contributed by atoms with van der Waals surface area (Å²) in [5.74, 6) is -0.00524. The van der Waals surface area contributed by atoms with Crippen LogP contribution in [-0.4, -0.2) is 15.5 Å². The van der Waals surface area contributed by atoms with E-state index in [2.05, 4.69) is 15.6 Å². The molecule has 0 aliphatic carbocycles. The molecule has 5 nitrogen and oxygen atoms in total. The molecule has 0 unspecified atom stereocenters. The lowest BCUT2D eigenvalue weighted by atomic mass is 9.94. The number of anilines is 2. The number of hydrogen-bond donors (Lipinski definition) is 2. The molecule has 1 aliphatic rings. The van der Waals surface area contributed by atoms with Crippen LogP contribution < -0.4 is 10.6 Å². The summed E-state index contributed by atoms with van der Waals surface area (Å²) in [5, 5.41) is 6.62. The van der Waals surface area contributed by atoms with Crippen molar-refractivity contribution in [2.75, 3.05) is 10.6 Å². The molecule has 1 aliphatic heterocycles. The highest BCUT2D eigenvalue weighted by molar-refractivity contribution is 6.33. The molecular formula is C24H18ClFN4O. The zero-order valence-electron chi connectivity index (χ0n) is 16.6. The molecule has 0 bridgehead atoms. The fourth-order valence-corrected chi connectivity index (χ4v) is 4.15. The summed E-state index contributed by atoms with van der Waals surface area (Å²) < 4.78 is 15.6. The summed E-state index contributed by atoms with van der Waals surface area (Å²) in [4.78, 5) is 18.2. The van der Waals surface area contributed by atoms with E-state index >= 15 is 0 Å². The highest BCUT2D eigenvalue weighted by Crippen LogP contribution is 2.39. The molecule has 2 N–H and O–H groups in total. The third-order valence-electron chi connectivity index (χ3n) is 5.38. The first kappa shape index (κ1) is 19.3. The van der Waals surface area contributed by atoms with E-state index in [9.17, 15) is 9.18 Å². The Morgan fingerprint density at radius 1 is 1.06 bits per heavy atom. The highest BCUT2D eigenvalue weighted by Gasteiger charge is 2.34. The van der Waals surface area contributed by atoms with Gasteiger partial charge in [-0.3, -0.25) is 9.36 Å². The molecule has 4 aromatic rings. The Morgan fingerprint density at radius 2 is 1.77 bits per heavy atom. The zero-order valence-corrected chi connectivity index (χ0v) is 17.3. The lowest BCUT2D eigenvalue weighted by molar-refractivity contribution is -0.113. The van der Waals surface area contributed by atoms with Crippen molar-refractivity contribution >= 4 is 40.2 Å². The molecule has 0 saturated carbocycles. The van der Waals surface area contributed by atoms with Gasteiger partial charge in [-0.15, -0.1) is 0 Å². The number of benzene rings is 3. The maximum Gasteiger partial charge on any atom is 0.255 e. The summed E-state index contributed by atoms with van der Waals surface area (Å²) >= 11 is 6.25. The quantitative estimate of drug-likeness (QED) is 0.433. The highest BCUT2D eigenvalue weighted by atomic mass is 35.5. The van der Waals surface area contributed by atoms with Gasteiger partial charge in [-0.05, 0) is 48.9 Å². The van der Waals surface area contributed by atoms with Crippen LogP contribution in [0.5, 0.6) is 0 Å². The number of fused-ring (bicyclic) bond motifs is 3. The number of amides is 1. The van der Waals surface area contributed by atoms with Crippen LogP contribution in [0.3, 0.4) is 0 Å². The number of rotatable bonds is 3. The summed E-state index contributed by atoms with van der Waals surface area (Å²) in [6, 6.07) is 20.5. The molecule has 154 valence electrons. The first-order valence-corrected chi connectivity index (χ1v) is 10.2. The molecule has 7 heteroatoms. The van der Waals surface area contributed by atoms with E-state index in [-0.39, 0.29) is 11.7 Å². The van der Waals surface area contributed by atoms with Crippen LogP contribution >= 0.6 is 11.6 Å². The van der Waals surface area contributed by atoms with Gasteiger partial charge in [0.05, 0.1) is 33.4 Å². The third-order valence-corrected chi connectivity index (χ3v) is 5.71. The van der Waals surface area contributed by atoms with Crippen LogP contribution in [0.2, 0.25) is 5.02 Å². The molecule has 1 atom stereocenters. The lowest BCUT2D eigenvalue weighted by Gasteiger charge is -2.30. The van der Waals surface area contributed by atoms with Gasteiger partial charge in [0.25, 0.3) is 5.91 Å². The topological polar surface area (TPSA) is 59.0 Å². The van der Waals surface area contributed by atoms with Crippen molar-refractivity contribution < 1.29 is 9.18 Å². The number of nitrogens with zero attached hydrogens (tertiary/aromatic N) is 2. The molecule has 1 amide bonds. The van der Waals surface area contributed by atoms with Crippen molar-refractivity contribution in [1.29, 1.82) is 0 Å². The van der Waals surface area contributed by atoms with Crippen LogP contribution in [0.25, 0.3) is 11.0 Å². The molecule has 1 aromatic heterocycles. The van der Waals surface area contributed by atoms with Crippen LogP contribution in [0.1, 0.15) is 18.5 Å². The van der Waals surface area contributed by atoms with Gasteiger partial charge in [-0.1, -0.05) is 48.0 Å². The number of para-hydroxylation sites is 3. The van der Waals surface area contributed by atoms with E-state index in [0.717, 1.165) is 16.6 Å². The van der Waals surface area contributed by atoms with Gasteiger partial charge in [-0.2, -0.15) is 0 Å². The van der Waals surface area contributed by atoms with Crippen LogP contribution in [0, 0.1) is 5.82 Å². The Balaban J connectivity index is 1.67. The monoisotopic (exact) mass is 432 g/mol. The molecular weight excluding hydrogens is 415 g/mol. The third kappa shape index (κ3) is 3.35. The molecule has 2 heterocycles. The molecule has 5 rings (SSSR count). The van der Waals surface area contributed by atoms with E-state index in [1.54, 1.807) is 36.4 Å². The van der Waals surface area contributed by atoms with E-state index < -0.39 is 6.04 Å². The van der Waals surface area contributed by atoms with E-state index in [0.29, 0.717) is 27.9 Å². The average Bonchev–Trinajstić information content (AvgIpc) is 3.13. The Kier molecular flexibility index (Phi) is 4.71. The van der Waals surface area contributed by atoms with Crippen LogP contribution in [0.4, 0.5) is 16.0 Å². The van der Waals surface area contributed by atoms with Crippen molar-refractivity contribution in [2.45, 2.75) is 13.0 Å². The smallest absolute Gasteiger partial charge is 0.255 e. The van der Waals surface area contributed by atoms with Crippen molar-refractivity contribution in [3.8, 4) is 0 Å². The normalized spacial score (nSPS) is 15.5. The number of hydrogen-bond acceptors (Lipinski definition) is 3. The van der Waals surface area contributed by atoms with Gasteiger partial charge in [0.1, 0.15) is 5.82 Å². The molecule has 3 aromatic carbocycles. The Bertz CT molecular complexity index is 1340. The van der Waals surface area contributed by atoms with Crippen molar-refractivity contribution in [1.82, 2.24) is 9.55 Å². The fraction of sp³-hybridized carbons (Fsp3) is 0.0833. The molecule has 31 heavy (non-hydrogen) atoms. The number of nitrogens with one attached hydrogen (secondary N) is 2. The second-order valence-electron chi connectivity index (χ2n) is 7.35. The van der Waals surface area contributed by atoms with E-state index in [4.69, 9.17) is 11.6 Å². The summed E-state index contributed by atoms with van der Waals surface area (Å²) in [7, 11) is 0. The molecule has 0 saturated heterocycles. The maximum absolute atomic E-state index is 13.7. The van der Waals surface area contributed by atoms with Crippen LogP contribution in [-0.2, 0) is 4.79 Å². The van der Waals surface area contributed by atoms with Crippen molar-refractivity contribution in [3.63, 3.8) is 0 Å². The second kappa shape index (κ2) is 7.56. The Hall–Kier alpha value is -3.64. The van der Waals surface area contributed by atoms with Gasteiger partial charge in [0.15, 0.2) is 0 Å². The number of aromatic nitrogens is 2. The lowest BCUT2D eigenvalue weighted by Crippen LogP contribution is -2.31. The minimum Gasteiger partial charge on any atom is -0.329 e. The molecule has 0 spiro atoms. The predicted molar refractivity (Wildman–Crippen MR) is 121 cm³/mol. The predicted octanol–water partition coefficient (Wildman–Crippen LogP) is 5.76. The van der Waals surface area contributed by atoms with Gasteiger partial charge in [0, 0.05) is 5.70 Å². The SMILES string of the molecule is CC1=C(C(=O)Nc2ccccc2Cl)[C@H](c2ccc(F)cc2)n2c(nc3ccccc32)N1. The summed E-state index contributed by atoms with van der Waals surface area (Å²) in [5.41, 5.74) is 4.14. The molecule has 0 fully saturated rings. The van der Waals surface area contributed by atoms with E-state index in [1.807, 2.05) is 35.8 Å². The van der Waals surface area contributed by atoms with Crippen molar-refractivity contribution in [3.05, 3.63) is 100 Å². The number of halogens is 2. The second-order valence-corrected chi connectivity index (χ2v) is 7.75. The fourth-order valence-electron chi connectivity index (χ4n) is 3.97. The molecule has 0 radical (unpaired) electrons. The minimum atomic E-state index is -0.494. The number of imidazole rings is 1. The van der Waals surface area contributed by atoms with Gasteiger partial charge < -0.3 is 10.6 Å². The van der Waals surface area contributed by atoms with Gasteiger partial charge in [-0.25, -0.2) is 9.37 Å². The van der Waals surface area contributed by atoms with Gasteiger partial charge in [0.2, 0.25) is 5.95 Å². The summed E-state index contributed by atoms with van der Waals surface area (Å²) in [6.07, 6.45) is 0. The number of carbonyl (C=O) groups excluding carboxylic acids is 1. The van der Waals surface area contributed by atoms with Crippen LogP contribution in [0.15, 0.2) is 84.1 Å². The standard InChI is InChI=1S/C24H18ClFN4O/c1-14-21(23(31)28-18-7-3-2-6-17(18)25)22(15-10-12-16(26)13-11-15)30-20-9-5-4-8-19(20)29-24(30)27-14/h2-13,22H,1H3,(H,27,29)(H,28,31)/t22-/m0/s1.